The van der Waals surface area contributed by atoms with Crippen molar-refractivity contribution in [2.75, 3.05) is 18.0 Å². The minimum absolute atomic E-state index is 0.138. The van der Waals surface area contributed by atoms with Crippen molar-refractivity contribution in [1.29, 1.82) is 0 Å². The molecule has 0 aromatic heterocycles. The van der Waals surface area contributed by atoms with E-state index in [1.165, 1.54) is 11.3 Å². The van der Waals surface area contributed by atoms with Crippen molar-refractivity contribution in [1.82, 2.24) is 0 Å². The molecule has 1 saturated heterocycles. The highest BCUT2D eigenvalue weighted by molar-refractivity contribution is 6.30. The first kappa shape index (κ1) is 13.7. The fourth-order valence-corrected chi connectivity index (χ4v) is 2.71. The van der Waals surface area contributed by atoms with E-state index in [2.05, 4.69) is 37.8 Å². The van der Waals surface area contributed by atoms with Crippen LogP contribution in [0.15, 0.2) is 18.2 Å². The van der Waals surface area contributed by atoms with Crippen LogP contribution in [0, 0.1) is 0 Å². The Bertz CT molecular complexity index is 415. The van der Waals surface area contributed by atoms with Crippen LogP contribution in [0.5, 0.6) is 0 Å². The molecule has 0 saturated carbocycles. The molecule has 2 N–H and O–H groups in total. The Kier molecular flexibility index (Phi) is 3.88. The smallest absolute Gasteiger partial charge is 0.0426 e. The molecule has 2 nitrogen and oxygen atoms in total. The van der Waals surface area contributed by atoms with Gasteiger partial charge in [0, 0.05) is 29.8 Å². The third-order valence-electron chi connectivity index (χ3n) is 3.65. The molecule has 1 aromatic carbocycles. The van der Waals surface area contributed by atoms with Gasteiger partial charge in [0.15, 0.2) is 0 Å². The summed E-state index contributed by atoms with van der Waals surface area (Å²) in [6.07, 6.45) is 2.13. The Morgan fingerprint density at radius 3 is 2.39 bits per heavy atom. The molecule has 3 heteroatoms. The molecule has 1 aromatic rings. The maximum atomic E-state index is 6.16. The maximum Gasteiger partial charge on any atom is 0.0426 e. The van der Waals surface area contributed by atoms with Gasteiger partial charge in [0.05, 0.1) is 0 Å². The number of rotatable bonds is 1. The van der Waals surface area contributed by atoms with Gasteiger partial charge in [0.1, 0.15) is 0 Å². The number of anilines is 1. The van der Waals surface area contributed by atoms with Gasteiger partial charge in [-0.1, -0.05) is 38.4 Å². The second-order valence-electron chi connectivity index (χ2n) is 6.24. The number of nitrogens with two attached hydrogens (primary N) is 1. The Hall–Kier alpha value is -0.730. The van der Waals surface area contributed by atoms with E-state index in [1.54, 1.807) is 0 Å². The topological polar surface area (TPSA) is 29.3 Å². The summed E-state index contributed by atoms with van der Waals surface area (Å²) in [5.74, 6) is 0. The summed E-state index contributed by atoms with van der Waals surface area (Å²) in [6.45, 7) is 8.80. The molecule has 0 unspecified atom stereocenters. The first-order valence-electron chi connectivity index (χ1n) is 6.68. The Morgan fingerprint density at radius 1 is 1.22 bits per heavy atom. The number of nitrogens with zero attached hydrogens (tertiary/aromatic N) is 1. The number of hydrogen-bond acceptors (Lipinski definition) is 2. The van der Waals surface area contributed by atoms with Crippen LogP contribution in [0.4, 0.5) is 5.69 Å². The summed E-state index contributed by atoms with van der Waals surface area (Å²) < 4.78 is 0. The van der Waals surface area contributed by atoms with Crippen molar-refractivity contribution in [3.63, 3.8) is 0 Å². The maximum absolute atomic E-state index is 6.16. The molecule has 2 rings (SSSR count). The fourth-order valence-electron chi connectivity index (χ4n) is 2.54. The highest BCUT2D eigenvalue weighted by Gasteiger charge is 2.24. The van der Waals surface area contributed by atoms with Gasteiger partial charge in [-0.05, 0) is 36.0 Å². The predicted octanol–water partition coefficient (Wildman–Crippen LogP) is 3.57. The van der Waals surface area contributed by atoms with Crippen LogP contribution in [0.1, 0.15) is 39.2 Å². The van der Waals surface area contributed by atoms with Gasteiger partial charge in [-0.2, -0.15) is 0 Å². The van der Waals surface area contributed by atoms with Crippen molar-refractivity contribution < 1.29 is 0 Å². The first-order valence-corrected chi connectivity index (χ1v) is 7.06. The zero-order chi connectivity index (χ0) is 13.3. The second kappa shape index (κ2) is 5.10. The summed E-state index contributed by atoms with van der Waals surface area (Å²) in [7, 11) is 0. The van der Waals surface area contributed by atoms with Crippen molar-refractivity contribution in [2.24, 2.45) is 5.73 Å². The molecule has 0 radical (unpaired) electrons. The van der Waals surface area contributed by atoms with E-state index >= 15 is 0 Å². The molecule has 1 aliphatic rings. The highest BCUT2D eigenvalue weighted by atomic mass is 35.5. The van der Waals surface area contributed by atoms with Gasteiger partial charge < -0.3 is 10.6 Å². The monoisotopic (exact) mass is 266 g/mol. The number of piperidine rings is 1. The molecule has 0 spiro atoms. The lowest BCUT2D eigenvalue weighted by Crippen LogP contribution is -2.40. The van der Waals surface area contributed by atoms with Gasteiger partial charge >= 0.3 is 0 Å². The van der Waals surface area contributed by atoms with E-state index in [9.17, 15) is 0 Å². The first-order chi connectivity index (χ1) is 8.38. The molecule has 0 aliphatic carbocycles. The van der Waals surface area contributed by atoms with Gasteiger partial charge in [0.25, 0.3) is 0 Å². The van der Waals surface area contributed by atoms with Crippen molar-refractivity contribution in [3.8, 4) is 0 Å². The Morgan fingerprint density at radius 2 is 1.83 bits per heavy atom. The van der Waals surface area contributed by atoms with Crippen LogP contribution >= 0.6 is 11.6 Å². The predicted molar refractivity (Wildman–Crippen MR) is 79.6 cm³/mol. The quantitative estimate of drug-likeness (QED) is 0.842. The van der Waals surface area contributed by atoms with Gasteiger partial charge in [-0.25, -0.2) is 0 Å². The van der Waals surface area contributed by atoms with Crippen molar-refractivity contribution in [2.45, 2.75) is 45.1 Å². The number of halogens is 1. The molecule has 1 aliphatic heterocycles. The third kappa shape index (κ3) is 2.99. The Balaban J connectivity index is 2.33. The molecule has 100 valence electrons. The Labute approximate surface area is 115 Å². The van der Waals surface area contributed by atoms with Gasteiger partial charge in [0.2, 0.25) is 0 Å². The second-order valence-corrected chi connectivity index (χ2v) is 6.67. The lowest BCUT2D eigenvalue weighted by atomic mass is 9.85. The summed E-state index contributed by atoms with van der Waals surface area (Å²) in [6, 6.07) is 6.60. The molecule has 0 amide bonds. The van der Waals surface area contributed by atoms with E-state index in [1.807, 2.05) is 6.07 Å². The fraction of sp³-hybridized carbons (Fsp3) is 0.600. The molecule has 0 bridgehead atoms. The van der Waals surface area contributed by atoms with E-state index in [4.69, 9.17) is 17.3 Å². The molecular weight excluding hydrogens is 244 g/mol. The minimum atomic E-state index is 0.138. The van der Waals surface area contributed by atoms with E-state index < -0.39 is 0 Å². The average Bonchev–Trinajstić information content (AvgIpc) is 2.28. The van der Waals surface area contributed by atoms with Gasteiger partial charge in [-0.3, -0.25) is 0 Å². The summed E-state index contributed by atoms with van der Waals surface area (Å²) in [5, 5.41) is 0.813. The molecule has 1 fully saturated rings. The molecule has 0 atom stereocenters. The van der Waals surface area contributed by atoms with Crippen LogP contribution in [0.3, 0.4) is 0 Å². The van der Waals surface area contributed by atoms with Crippen LogP contribution in [-0.4, -0.2) is 19.1 Å². The van der Waals surface area contributed by atoms with E-state index in [0.717, 1.165) is 31.0 Å². The van der Waals surface area contributed by atoms with Crippen LogP contribution in [0.2, 0.25) is 5.02 Å². The lowest BCUT2D eigenvalue weighted by molar-refractivity contribution is 0.496. The zero-order valence-corrected chi connectivity index (χ0v) is 12.3. The van der Waals surface area contributed by atoms with Crippen LogP contribution in [0.25, 0.3) is 0 Å². The highest BCUT2D eigenvalue weighted by Crippen LogP contribution is 2.35. The van der Waals surface area contributed by atoms with Crippen molar-refractivity contribution in [3.05, 3.63) is 28.8 Å². The van der Waals surface area contributed by atoms with Crippen molar-refractivity contribution >= 4 is 17.3 Å². The van der Waals surface area contributed by atoms with Crippen LogP contribution in [-0.2, 0) is 5.41 Å². The lowest BCUT2D eigenvalue weighted by Gasteiger charge is -2.36. The summed E-state index contributed by atoms with van der Waals surface area (Å²) >= 11 is 6.16. The average molecular weight is 267 g/mol. The van der Waals surface area contributed by atoms with E-state index in [0.29, 0.717) is 6.04 Å². The molecule has 1 heterocycles. The summed E-state index contributed by atoms with van der Waals surface area (Å²) in [4.78, 5) is 2.43. The third-order valence-corrected chi connectivity index (χ3v) is 3.88. The largest absolute Gasteiger partial charge is 0.371 e. The van der Waals surface area contributed by atoms with Gasteiger partial charge in [-0.15, -0.1) is 0 Å². The summed E-state index contributed by atoms with van der Waals surface area (Å²) in [5.41, 5.74) is 8.76. The zero-order valence-electron chi connectivity index (χ0n) is 11.5. The van der Waals surface area contributed by atoms with E-state index in [-0.39, 0.29) is 5.41 Å². The number of hydrogen-bond donors (Lipinski definition) is 1. The van der Waals surface area contributed by atoms with Crippen LogP contribution < -0.4 is 10.6 Å². The standard InChI is InChI=1S/C15H23ClN2/c1-15(2,3)13-5-4-11(16)10-14(13)18-8-6-12(17)7-9-18/h4-5,10,12H,6-9,17H2,1-3H3. The number of benzene rings is 1. The SMILES string of the molecule is CC(C)(C)c1ccc(Cl)cc1N1CCC(N)CC1. The molecule has 18 heavy (non-hydrogen) atoms. The normalized spacial score (nSPS) is 18.2. The minimum Gasteiger partial charge on any atom is -0.371 e. The molecular formula is C15H23ClN2.